The van der Waals surface area contributed by atoms with Crippen LogP contribution in [0.15, 0.2) is 57.4 Å². The minimum atomic E-state index is 0.146. The summed E-state index contributed by atoms with van der Waals surface area (Å²) in [6, 6.07) is 14.7. The zero-order valence-electron chi connectivity index (χ0n) is 9.97. The summed E-state index contributed by atoms with van der Waals surface area (Å²) >= 11 is 3.37. The van der Waals surface area contributed by atoms with E-state index in [1.54, 1.807) is 12.1 Å². The number of fused-ring (bicyclic) bond motifs is 1. The van der Waals surface area contributed by atoms with Crippen molar-refractivity contribution in [2.45, 2.75) is 6.61 Å². The molecule has 0 saturated carbocycles. The molecule has 1 heterocycles. The van der Waals surface area contributed by atoms with E-state index in [2.05, 4.69) is 15.9 Å². The lowest BCUT2D eigenvalue weighted by molar-refractivity contribution is 0.273. The summed E-state index contributed by atoms with van der Waals surface area (Å²) in [5.74, 6) is 1.60. The van der Waals surface area contributed by atoms with Gasteiger partial charge in [0.05, 0.1) is 0 Å². The van der Waals surface area contributed by atoms with Gasteiger partial charge in [0.25, 0.3) is 0 Å². The predicted octanol–water partition coefficient (Wildman–Crippen LogP) is 4.48. The second-order valence-corrected chi connectivity index (χ2v) is 5.07. The monoisotopic (exact) mass is 318 g/mol. The first-order chi connectivity index (χ1) is 9.22. The molecule has 0 unspecified atom stereocenters. The average molecular weight is 319 g/mol. The maximum Gasteiger partial charge on any atom is 0.176 e. The molecular weight excluding hydrogens is 308 g/mol. The minimum absolute atomic E-state index is 0.146. The van der Waals surface area contributed by atoms with Gasteiger partial charge in [0, 0.05) is 9.86 Å². The van der Waals surface area contributed by atoms with Gasteiger partial charge in [0.2, 0.25) is 0 Å². The molecule has 0 bridgehead atoms. The number of phenolic OH excluding ortho intramolecular Hbond substituents is 1. The van der Waals surface area contributed by atoms with Gasteiger partial charge >= 0.3 is 0 Å². The Balaban J connectivity index is 1.78. The van der Waals surface area contributed by atoms with Crippen molar-refractivity contribution >= 4 is 26.9 Å². The van der Waals surface area contributed by atoms with Crippen molar-refractivity contribution < 1.29 is 14.3 Å². The highest BCUT2D eigenvalue weighted by atomic mass is 79.9. The Bertz CT molecular complexity index is 701. The van der Waals surface area contributed by atoms with Gasteiger partial charge in [-0.3, -0.25) is 0 Å². The van der Waals surface area contributed by atoms with E-state index in [4.69, 9.17) is 9.15 Å². The molecule has 0 spiro atoms. The van der Waals surface area contributed by atoms with Crippen molar-refractivity contribution in [1.82, 2.24) is 0 Å². The molecule has 0 aliphatic carbocycles. The first-order valence-electron chi connectivity index (χ1n) is 5.81. The number of phenols is 1. The molecule has 4 heteroatoms. The summed E-state index contributed by atoms with van der Waals surface area (Å²) < 4.78 is 12.2. The van der Waals surface area contributed by atoms with Crippen molar-refractivity contribution in [1.29, 1.82) is 0 Å². The SMILES string of the molecule is Oc1cccc2cc(COc3ccc(Br)cc3)oc12. The summed E-state index contributed by atoms with van der Waals surface area (Å²) in [5.41, 5.74) is 0.497. The molecule has 96 valence electrons. The van der Waals surface area contributed by atoms with Crippen LogP contribution in [0.3, 0.4) is 0 Å². The molecule has 0 saturated heterocycles. The summed E-state index contributed by atoms with van der Waals surface area (Å²) in [5, 5.41) is 10.5. The van der Waals surface area contributed by atoms with Crippen LogP contribution in [0.25, 0.3) is 11.0 Å². The fourth-order valence-electron chi connectivity index (χ4n) is 1.86. The van der Waals surface area contributed by atoms with Gasteiger partial charge in [0.15, 0.2) is 11.3 Å². The van der Waals surface area contributed by atoms with Gasteiger partial charge in [-0.25, -0.2) is 0 Å². The van der Waals surface area contributed by atoms with Gasteiger partial charge < -0.3 is 14.3 Å². The molecular formula is C15H11BrO3. The number of halogens is 1. The number of benzene rings is 2. The van der Waals surface area contributed by atoms with Crippen molar-refractivity contribution in [3.8, 4) is 11.5 Å². The lowest BCUT2D eigenvalue weighted by atomic mass is 10.2. The van der Waals surface area contributed by atoms with Crippen molar-refractivity contribution in [3.63, 3.8) is 0 Å². The fourth-order valence-corrected chi connectivity index (χ4v) is 2.12. The fraction of sp³-hybridized carbons (Fsp3) is 0.0667. The van der Waals surface area contributed by atoms with E-state index >= 15 is 0 Å². The molecule has 3 aromatic rings. The van der Waals surface area contributed by atoms with Crippen molar-refractivity contribution in [2.75, 3.05) is 0 Å². The van der Waals surface area contributed by atoms with Gasteiger partial charge in [0.1, 0.15) is 18.1 Å². The van der Waals surface area contributed by atoms with Crippen LogP contribution >= 0.6 is 15.9 Å². The average Bonchev–Trinajstić information content (AvgIpc) is 2.83. The highest BCUT2D eigenvalue weighted by Crippen LogP contribution is 2.28. The van der Waals surface area contributed by atoms with Gasteiger partial charge in [-0.1, -0.05) is 28.1 Å². The number of hydrogen-bond donors (Lipinski definition) is 1. The maximum absolute atomic E-state index is 9.66. The molecule has 1 N–H and O–H groups in total. The molecule has 2 aromatic carbocycles. The normalized spacial score (nSPS) is 10.8. The van der Waals surface area contributed by atoms with E-state index in [0.29, 0.717) is 18.0 Å². The molecule has 0 atom stereocenters. The third kappa shape index (κ3) is 2.58. The Hall–Kier alpha value is -1.94. The van der Waals surface area contributed by atoms with E-state index in [1.807, 2.05) is 36.4 Å². The summed E-state index contributed by atoms with van der Waals surface area (Å²) in [4.78, 5) is 0. The molecule has 0 aliphatic heterocycles. The zero-order valence-corrected chi connectivity index (χ0v) is 11.6. The van der Waals surface area contributed by atoms with Gasteiger partial charge in [-0.15, -0.1) is 0 Å². The number of para-hydroxylation sites is 1. The summed E-state index contributed by atoms with van der Waals surface area (Å²) in [6.07, 6.45) is 0. The molecule has 19 heavy (non-hydrogen) atoms. The maximum atomic E-state index is 9.66. The van der Waals surface area contributed by atoms with Crippen LogP contribution in [0.2, 0.25) is 0 Å². The van der Waals surface area contributed by atoms with Crippen LogP contribution in [-0.4, -0.2) is 5.11 Å². The molecule has 0 radical (unpaired) electrons. The minimum Gasteiger partial charge on any atom is -0.504 e. The van der Waals surface area contributed by atoms with E-state index in [0.717, 1.165) is 15.6 Å². The highest BCUT2D eigenvalue weighted by Gasteiger charge is 2.07. The molecule has 0 fully saturated rings. The highest BCUT2D eigenvalue weighted by molar-refractivity contribution is 9.10. The Labute approximate surface area is 118 Å². The second kappa shape index (κ2) is 4.97. The number of hydrogen-bond acceptors (Lipinski definition) is 3. The van der Waals surface area contributed by atoms with Crippen LogP contribution in [0, 0.1) is 0 Å². The standard InChI is InChI=1S/C15H11BrO3/c16-11-4-6-12(7-5-11)18-9-13-8-10-2-1-3-14(17)15(10)19-13/h1-8,17H,9H2. The molecule has 3 rings (SSSR count). The number of furan rings is 1. The number of aromatic hydroxyl groups is 1. The topological polar surface area (TPSA) is 42.6 Å². The largest absolute Gasteiger partial charge is 0.504 e. The van der Waals surface area contributed by atoms with Crippen LogP contribution in [0.5, 0.6) is 11.5 Å². The van der Waals surface area contributed by atoms with E-state index < -0.39 is 0 Å². The molecule has 0 amide bonds. The first kappa shape index (κ1) is 12.1. The van der Waals surface area contributed by atoms with Gasteiger partial charge in [-0.05, 0) is 36.4 Å². The molecule has 1 aromatic heterocycles. The summed E-state index contributed by atoms with van der Waals surface area (Å²) in [7, 11) is 0. The first-order valence-corrected chi connectivity index (χ1v) is 6.60. The van der Waals surface area contributed by atoms with Crippen LogP contribution in [0.4, 0.5) is 0 Å². The Morgan fingerprint density at radius 2 is 1.89 bits per heavy atom. The molecule has 0 aliphatic rings. The van der Waals surface area contributed by atoms with Crippen LogP contribution in [0.1, 0.15) is 5.76 Å². The van der Waals surface area contributed by atoms with Crippen molar-refractivity contribution in [2.24, 2.45) is 0 Å². The van der Waals surface area contributed by atoms with Gasteiger partial charge in [-0.2, -0.15) is 0 Å². The van der Waals surface area contributed by atoms with Crippen LogP contribution < -0.4 is 4.74 Å². The third-order valence-electron chi connectivity index (χ3n) is 2.77. The smallest absolute Gasteiger partial charge is 0.176 e. The van der Waals surface area contributed by atoms with E-state index in [9.17, 15) is 5.11 Å². The van der Waals surface area contributed by atoms with Crippen LogP contribution in [-0.2, 0) is 6.61 Å². The lowest BCUT2D eigenvalue weighted by Crippen LogP contribution is -1.92. The zero-order chi connectivity index (χ0) is 13.2. The van der Waals surface area contributed by atoms with E-state index in [-0.39, 0.29) is 5.75 Å². The number of ether oxygens (including phenoxy) is 1. The Morgan fingerprint density at radius 1 is 1.11 bits per heavy atom. The lowest BCUT2D eigenvalue weighted by Gasteiger charge is -2.03. The quantitative estimate of drug-likeness (QED) is 0.774. The predicted molar refractivity (Wildman–Crippen MR) is 76.4 cm³/mol. The van der Waals surface area contributed by atoms with E-state index in [1.165, 1.54) is 0 Å². The molecule has 3 nitrogen and oxygen atoms in total. The summed E-state index contributed by atoms with van der Waals surface area (Å²) in [6.45, 7) is 0.329. The third-order valence-corrected chi connectivity index (χ3v) is 3.30. The Kier molecular flexibility index (Phi) is 3.17. The number of rotatable bonds is 3. The van der Waals surface area contributed by atoms with Crippen molar-refractivity contribution in [3.05, 3.63) is 58.8 Å². The second-order valence-electron chi connectivity index (χ2n) is 4.15. The Morgan fingerprint density at radius 3 is 2.63 bits per heavy atom.